The Morgan fingerprint density at radius 3 is 2.60 bits per heavy atom. The molecule has 1 aromatic carbocycles. The second-order valence-corrected chi connectivity index (χ2v) is 5.26. The molecule has 5 nitrogen and oxygen atoms in total. The van der Waals surface area contributed by atoms with Crippen LogP contribution in [-0.4, -0.2) is 38.2 Å². The van der Waals surface area contributed by atoms with Gasteiger partial charge in [-0.15, -0.1) is 0 Å². The molecule has 4 N–H and O–H groups in total. The van der Waals surface area contributed by atoms with Gasteiger partial charge in [-0.25, -0.2) is 0 Å². The minimum atomic E-state index is -0.703. The standard InChI is InChI=1S/C15H23N3O2/c1-20-13-4-2-12(3-5-13)6-9-18-14(19)15(16)7-10-17-11-8-15/h2-5,17H,6-11,16H2,1H3,(H,18,19). The Hall–Kier alpha value is -1.59. The van der Waals surface area contributed by atoms with Crippen molar-refractivity contribution in [2.24, 2.45) is 5.73 Å². The van der Waals surface area contributed by atoms with Gasteiger partial charge in [-0.3, -0.25) is 4.79 Å². The zero-order valence-electron chi connectivity index (χ0n) is 11.9. The van der Waals surface area contributed by atoms with Crippen molar-refractivity contribution in [3.63, 3.8) is 0 Å². The third-order valence-corrected chi connectivity index (χ3v) is 3.81. The minimum absolute atomic E-state index is 0.0347. The number of ether oxygens (including phenoxy) is 1. The number of carbonyl (C=O) groups is 1. The number of amides is 1. The fourth-order valence-corrected chi connectivity index (χ4v) is 2.39. The lowest BCUT2D eigenvalue weighted by molar-refractivity contribution is -0.127. The number of rotatable bonds is 5. The maximum absolute atomic E-state index is 12.1. The van der Waals surface area contributed by atoms with E-state index >= 15 is 0 Å². The highest BCUT2D eigenvalue weighted by Gasteiger charge is 2.34. The summed E-state index contributed by atoms with van der Waals surface area (Å²) in [5.41, 5.74) is 6.62. The molecule has 110 valence electrons. The predicted octanol–water partition coefficient (Wildman–Crippen LogP) is 0.435. The van der Waals surface area contributed by atoms with Crippen molar-refractivity contribution < 1.29 is 9.53 Å². The Labute approximate surface area is 119 Å². The van der Waals surface area contributed by atoms with E-state index in [2.05, 4.69) is 10.6 Å². The SMILES string of the molecule is COc1ccc(CCNC(=O)C2(N)CCNCC2)cc1. The summed E-state index contributed by atoms with van der Waals surface area (Å²) in [5.74, 6) is 0.806. The van der Waals surface area contributed by atoms with Crippen LogP contribution >= 0.6 is 0 Å². The van der Waals surface area contributed by atoms with Gasteiger partial charge in [0.15, 0.2) is 0 Å². The van der Waals surface area contributed by atoms with Crippen molar-refractivity contribution in [2.75, 3.05) is 26.7 Å². The van der Waals surface area contributed by atoms with Crippen LogP contribution in [0.15, 0.2) is 24.3 Å². The Bertz CT molecular complexity index is 439. The highest BCUT2D eigenvalue weighted by Crippen LogP contribution is 2.15. The molecule has 1 aliphatic rings. The lowest BCUT2D eigenvalue weighted by Gasteiger charge is -2.32. The number of methoxy groups -OCH3 is 1. The number of hydrogen-bond acceptors (Lipinski definition) is 4. The van der Waals surface area contributed by atoms with Gasteiger partial charge >= 0.3 is 0 Å². The lowest BCUT2D eigenvalue weighted by atomic mass is 9.88. The third-order valence-electron chi connectivity index (χ3n) is 3.81. The Morgan fingerprint density at radius 2 is 2.00 bits per heavy atom. The molecule has 0 radical (unpaired) electrons. The molecule has 1 heterocycles. The topological polar surface area (TPSA) is 76.4 Å². The Kier molecular flexibility index (Phi) is 4.98. The van der Waals surface area contributed by atoms with Gasteiger partial charge in [0.25, 0.3) is 0 Å². The summed E-state index contributed by atoms with van der Waals surface area (Å²) < 4.78 is 5.11. The van der Waals surface area contributed by atoms with E-state index in [0.717, 1.165) is 25.3 Å². The molecule has 0 spiro atoms. The molecule has 0 aromatic heterocycles. The molecule has 5 heteroatoms. The van der Waals surface area contributed by atoms with E-state index in [-0.39, 0.29) is 5.91 Å². The van der Waals surface area contributed by atoms with E-state index < -0.39 is 5.54 Å². The first-order valence-electron chi connectivity index (χ1n) is 7.05. The van der Waals surface area contributed by atoms with Crippen molar-refractivity contribution in [1.29, 1.82) is 0 Å². The number of hydrogen-bond donors (Lipinski definition) is 3. The molecule has 0 atom stereocenters. The van der Waals surface area contributed by atoms with Gasteiger partial charge < -0.3 is 21.1 Å². The molecule has 2 rings (SSSR count). The Morgan fingerprint density at radius 1 is 1.35 bits per heavy atom. The maximum Gasteiger partial charge on any atom is 0.240 e. The number of benzene rings is 1. The van der Waals surface area contributed by atoms with Gasteiger partial charge in [0.05, 0.1) is 12.6 Å². The van der Waals surface area contributed by atoms with Gasteiger partial charge in [-0.05, 0) is 50.0 Å². The molecule has 0 aliphatic carbocycles. The minimum Gasteiger partial charge on any atom is -0.497 e. The van der Waals surface area contributed by atoms with E-state index in [1.54, 1.807) is 7.11 Å². The van der Waals surface area contributed by atoms with Gasteiger partial charge in [-0.2, -0.15) is 0 Å². The molecular formula is C15H23N3O2. The molecule has 20 heavy (non-hydrogen) atoms. The van der Waals surface area contributed by atoms with Crippen molar-refractivity contribution in [2.45, 2.75) is 24.8 Å². The molecule has 1 aromatic rings. The highest BCUT2D eigenvalue weighted by atomic mass is 16.5. The fraction of sp³-hybridized carbons (Fsp3) is 0.533. The number of piperidine rings is 1. The van der Waals surface area contributed by atoms with Crippen LogP contribution < -0.4 is 21.1 Å². The van der Waals surface area contributed by atoms with E-state index in [4.69, 9.17) is 10.5 Å². The van der Waals surface area contributed by atoms with Crippen LogP contribution in [0.25, 0.3) is 0 Å². The van der Waals surface area contributed by atoms with Crippen molar-refractivity contribution in [3.8, 4) is 5.75 Å². The van der Waals surface area contributed by atoms with Crippen LogP contribution in [0, 0.1) is 0 Å². The molecule has 1 fully saturated rings. The van der Waals surface area contributed by atoms with E-state index in [9.17, 15) is 4.79 Å². The average Bonchev–Trinajstić information content (AvgIpc) is 2.48. The average molecular weight is 277 g/mol. The van der Waals surface area contributed by atoms with Crippen molar-refractivity contribution >= 4 is 5.91 Å². The summed E-state index contributed by atoms with van der Waals surface area (Å²) in [7, 11) is 1.65. The molecule has 0 bridgehead atoms. The normalized spacial score (nSPS) is 17.5. The van der Waals surface area contributed by atoms with E-state index in [1.807, 2.05) is 24.3 Å². The predicted molar refractivity (Wildman–Crippen MR) is 78.7 cm³/mol. The molecule has 1 saturated heterocycles. The quantitative estimate of drug-likeness (QED) is 0.730. The van der Waals surface area contributed by atoms with Crippen LogP contribution in [0.2, 0.25) is 0 Å². The molecule has 0 unspecified atom stereocenters. The fourth-order valence-electron chi connectivity index (χ4n) is 2.39. The zero-order valence-corrected chi connectivity index (χ0v) is 11.9. The second-order valence-electron chi connectivity index (χ2n) is 5.26. The van der Waals surface area contributed by atoms with E-state index in [0.29, 0.717) is 19.4 Å². The van der Waals surface area contributed by atoms with Crippen LogP contribution in [0.1, 0.15) is 18.4 Å². The first-order valence-corrected chi connectivity index (χ1v) is 7.05. The largest absolute Gasteiger partial charge is 0.497 e. The monoisotopic (exact) mass is 277 g/mol. The summed E-state index contributed by atoms with van der Waals surface area (Å²) >= 11 is 0. The number of nitrogens with one attached hydrogen (secondary N) is 2. The summed E-state index contributed by atoms with van der Waals surface area (Å²) in [4.78, 5) is 12.1. The first kappa shape index (κ1) is 14.8. The van der Waals surface area contributed by atoms with Gasteiger partial charge in [0, 0.05) is 6.54 Å². The second kappa shape index (κ2) is 6.72. The lowest BCUT2D eigenvalue weighted by Crippen LogP contribution is -2.59. The van der Waals surface area contributed by atoms with Gasteiger partial charge in [0.1, 0.15) is 5.75 Å². The zero-order chi connectivity index (χ0) is 14.4. The molecule has 1 aliphatic heterocycles. The summed E-state index contributed by atoms with van der Waals surface area (Å²) in [6.07, 6.45) is 2.19. The van der Waals surface area contributed by atoms with Crippen LogP contribution in [-0.2, 0) is 11.2 Å². The van der Waals surface area contributed by atoms with E-state index in [1.165, 1.54) is 5.56 Å². The summed E-state index contributed by atoms with van der Waals surface area (Å²) in [6, 6.07) is 7.87. The van der Waals surface area contributed by atoms with Gasteiger partial charge in [0.2, 0.25) is 5.91 Å². The Balaban J connectivity index is 1.78. The van der Waals surface area contributed by atoms with Crippen molar-refractivity contribution in [1.82, 2.24) is 10.6 Å². The third kappa shape index (κ3) is 3.71. The summed E-state index contributed by atoms with van der Waals surface area (Å²) in [5, 5.41) is 6.16. The summed E-state index contributed by atoms with van der Waals surface area (Å²) in [6.45, 7) is 2.22. The highest BCUT2D eigenvalue weighted by molar-refractivity contribution is 5.86. The molecule has 0 saturated carbocycles. The smallest absolute Gasteiger partial charge is 0.240 e. The van der Waals surface area contributed by atoms with Crippen LogP contribution in [0.4, 0.5) is 0 Å². The molecule has 1 amide bonds. The number of carbonyl (C=O) groups excluding carboxylic acids is 1. The number of nitrogens with two attached hydrogens (primary N) is 1. The first-order chi connectivity index (χ1) is 9.64. The van der Waals surface area contributed by atoms with Gasteiger partial charge in [-0.1, -0.05) is 12.1 Å². The van der Waals surface area contributed by atoms with Crippen LogP contribution in [0.5, 0.6) is 5.75 Å². The maximum atomic E-state index is 12.1. The van der Waals surface area contributed by atoms with Crippen molar-refractivity contribution in [3.05, 3.63) is 29.8 Å². The van der Waals surface area contributed by atoms with Crippen LogP contribution in [0.3, 0.4) is 0 Å². The molecular weight excluding hydrogens is 254 g/mol.